The third-order valence-corrected chi connectivity index (χ3v) is 6.33. The molecule has 0 aromatic heterocycles. The first-order valence-electron chi connectivity index (χ1n) is 9.07. The quantitative estimate of drug-likeness (QED) is 0.791. The Kier molecular flexibility index (Phi) is 6.60. The SMILES string of the molecule is O=C(CCCc1ccccc1)Nc1cccc(S(=O)(=O)N2CCOCC2)c1. The molecule has 2 aromatic carbocycles. The number of nitrogens with one attached hydrogen (secondary N) is 1. The molecule has 144 valence electrons. The first-order chi connectivity index (χ1) is 13.1. The largest absolute Gasteiger partial charge is 0.379 e. The molecular weight excluding hydrogens is 364 g/mol. The fraction of sp³-hybridized carbons (Fsp3) is 0.350. The van der Waals surface area contributed by atoms with Crippen LogP contribution in [0, 0.1) is 0 Å². The van der Waals surface area contributed by atoms with Gasteiger partial charge in [-0.25, -0.2) is 8.42 Å². The number of hydrogen-bond donors (Lipinski definition) is 1. The van der Waals surface area contributed by atoms with Crippen molar-refractivity contribution in [2.45, 2.75) is 24.2 Å². The number of morpholine rings is 1. The second kappa shape index (κ2) is 9.12. The molecule has 1 aliphatic rings. The average molecular weight is 388 g/mol. The van der Waals surface area contributed by atoms with Gasteiger partial charge in [-0.05, 0) is 36.6 Å². The minimum absolute atomic E-state index is 0.119. The van der Waals surface area contributed by atoms with Gasteiger partial charge in [0.25, 0.3) is 0 Å². The molecule has 0 radical (unpaired) electrons. The van der Waals surface area contributed by atoms with Crippen LogP contribution in [-0.4, -0.2) is 44.9 Å². The minimum atomic E-state index is -3.57. The van der Waals surface area contributed by atoms with Crippen LogP contribution in [-0.2, 0) is 26.0 Å². The van der Waals surface area contributed by atoms with E-state index >= 15 is 0 Å². The summed E-state index contributed by atoms with van der Waals surface area (Å²) in [6.45, 7) is 1.49. The monoisotopic (exact) mass is 388 g/mol. The number of aryl methyl sites for hydroxylation is 1. The molecule has 0 spiro atoms. The third-order valence-electron chi connectivity index (χ3n) is 4.44. The number of anilines is 1. The topological polar surface area (TPSA) is 75.7 Å². The molecule has 27 heavy (non-hydrogen) atoms. The van der Waals surface area contributed by atoms with Gasteiger partial charge in [0.15, 0.2) is 0 Å². The molecule has 1 fully saturated rings. The first-order valence-corrected chi connectivity index (χ1v) is 10.5. The number of ether oxygens (including phenoxy) is 1. The highest BCUT2D eigenvalue weighted by molar-refractivity contribution is 7.89. The van der Waals surface area contributed by atoms with Gasteiger partial charge < -0.3 is 10.1 Å². The van der Waals surface area contributed by atoms with E-state index in [9.17, 15) is 13.2 Å². The van der Waals surface area contributed by atoms with E-state index in [0.717, 1.165) is 12.8 Å². The van der Waals surface area contributed by atoms with Crippen molar-refractivity contribution in [2.24, 2.45) is 0 Å². The maximum atomic E-state index is 12.7. The lowest BCUT2D eigenvalue weighted by Crippen LogP contribution is -2.40. The van der Waals surface area contributed by atoms with E-state index in [1.165, 1.54) is 15.9 Å². The van der Waals surface area contributed by atoms with Crippen LogP contribution in [0.4, 0.5) is 5.69 Å². The van der Waals surface area contributed by atoms with Crippen molar-refractivity contribution in [2.75, 3.05) is 31.6 Å². The Hall–Kier alpha value is -2.22. The molecule has 1 aliphatic heterocycles. The van der Waals surface area contributed by atoms with Crippen molar-refractivity contribution < 1.29 is 17.9 Å². The standard InChI is InChI=1S/C20H24N2O4S/c23-20(11-4-8-17-6-2-1-3-7-17)21-18-9-5-10-19(16-18)27(24,25)22-12-14-26-15-13-22/h1-3,5-7,9-10,16H,4,8,11-15H2,(H,21,23). The smallest absolute Gasteiger partial charge is 0.243 e. The summed E-state index contributed by atoms with van der Waals surface area (Å²) in [6, 6.07) is 16.4. The molecule has 0 unspecified atom stereocenters. The van der Waals surface area contributed by atoms with Crippen LogP contribution < -0.4 is 5.32 Å². The summed E-state index contributed by atoms with van der Waals surface area (Å²) in [7, 11) is -3.57. The predicted octanol–water partition coefficient (Wildman–Crippen LogP) is 2.67. The highest BCUT2D eigenvalue weighted by Gasteiger charge is 2.26. The summed E-state index contributed by atoms with van der Waals surface area (Å²) in [5.74, 6) is -0.119. The van der Waals surface area contributed by atoms with Crippen LogP contribution in [0.1, 0.15) is 18.4 Å². The molecular formula is C20H24N2O4S. The van der Waals surface area contributed by atoms with Crippen LogP contribution in [0.25, 0.3) is 0 Å². The van der Waals surface area contributed by atoms with Gasteiger partial charge in [-0.1, -0.05) is 36.4 Å². The zero-order valence-electron chi connectivity index (χ0n) is 15.1. The molecule has 1 amide bonds. The summed E-state index contributed by atoms with van der Waals surface area (Å²) < 4.78 is 32.1. The highest BCUT2D eigenvalue weighted by atomic mass is 32.2. The van der Waals surface area contributed by atoms with Gasteiger partial charge in [-0.3, -0.25) is 4.79 Å². The van der Waals surface area contributed by atoms with Crippen molar-refractivity contribution in [1.29, 1.82) is 0 Å². The molecule has 0 atom stereocenters. The zero-order chi connectivity index (χ0) is 19.1. The molecule has 0 bridgehead atoms. The molecule has 7 heteroatoms. The van der Waals surface area contributed by atoms with Crippen LogP contribution in [0.5, 0.6) is 0 Å². The second-order valence-corrected chi connectivity index (χ2v) is 8.37. The maximum absolute atomic E-state index is 12.7. The Morgan fingerprint density at radius 2 is 1.78 bits per heavy atom. The van der Waals surface area contributed by atoms with E-state index in [4.69, 9.17) is 4.74 Å². The average Bonchev–Trinajstić information content (AvgIpc) is 2.70. The number of hydrogen-bond acceptors (Lipinski definition) is 4. The molecule has 1 heterocycles. The van der Waals surface area contributed by atoms with Crippen molar-refractivity contribution >= 4 is 21.6 Å². The van der Waals surface area contributed by atoms with E-state index in [-0.39, 0.29) is 10.8 Å². The summed E-state index contributed by atoms with van der Waals surface area (Å²) in [4.78, 5) is 12.4. The fourth-order valence-corrected chi connectivity index (χ4v) is 4.45. The lowest BCUT2D eigenvalue weighted by Gasteiger charge is -2.26. The number of benzene rings is 2. The summed E-state index contributed by atoms with van der Waals surface area (Å²) in [5, 5.41) is 2.80. The highest BCUT2D eigenvalue weighted by Crippen LogP contribution is 2.21. The molecule has 6 nitrogen and oxygen atoms in total. The zero-order valence-corrected chi connectivity index (χ0v) is 16.0. The Labute approximate surface area is 160 Å². The Bertz CT molecular complexity index is 863. The predicted molar refractivity (Wildman–Crippen MR) is 104 cm³/mol. The number of carbonyl (C=O) groups is 1. The van der Waals surface area contributed by atoms with E-state index in [1.807, 2.05) is 30.3 Å². The van der Waals surface area contributed by atoms with Gasteiger partial charge in [-0.2, -0.15) is 4.31 Å². The first kappa shape index (κ1) is 19.5. The molecule has 1 N–H and O–H groups in total. The lowest BCUT2D eigenvalue weighted by molar-refractivity contribution is -0.116. The minimum Gasteiger partial charge on any atom is -0.379 e. The molecule has 2 aromatic rings. The number of nitrogens with zero attached hydrogens (tertiary/aromatic N) is 1. The number of sulfonamides is 1. The van der Waals surface area contributed by atoms with Gasteiger partial charge in [-0.15, -0.1) is 0 Å². The van der Waals surface area contributed by atoms with Crippen molar-refractivity contribution in [3.8, 4) is 0 Å². The molecule has 0 aliphatic carbocycles. The number of amides is 1. The van der Waals surface area contributed by atoms with Crippen molar-refractivity contribution in [3.63, 3.8) is 0 Å². The van der Waals surface area contributed by atoms with Gasteiger partial charge in [0, 0.05) is 25.2 Å². The summed E-state index contributed by atoms with van der Waals surface area (Å²) in [5.41, 5.74) is 1.69. The molecule has 0 saturated carbocycles. The Morgan fingerprint density at radius 3 is 2.52 bits per heavy atom. The van der Waals surface area contributed by atoms with Crippen molar-refractivity contribution in [3.05, 3.63) is 60.2 Å². The normalized spacial score (nSPS) is 15.4. The Balaban J connectivity index is 1.57. The summed E-state index contributed by atoms with van der Waals surface area (Å²) >= 11 is 0. The van der Waals surface area contributed by atoms with Crippen LogP contribution in [0.15, 0.2) is 59.5 Å². The Morgan fingerprint density at radius 1 is 1.04 bits per heavy atom. The fourth-order valence-electron chi connectivity index (χ4n) is 2.99. The number of carbonyl (C=O) groups excluding carboxylic acids is 1. The summed E-state index contributed by atoms with van der Waals surface area (Å²) in [6.07, 6.45) is 1.96. The van der Waals surface area contributed by atoms with Gasteiger partial charge in [0.1, 0.15) is 0 Å². The molecule has 3 rings (SSSR count). The molecule has 1 saturated heterocycles. The van der Waals surface area contributed by atoms with E-state index in [0.29, 0.717) is 38.4 Å². The van der Waals surface area contributed by atoms with Gasteiger partial charge in [0.2, 0.25) is 15.9 Å². The van der Waals surface area contributed by atoms with Crippen LogP contribution in [0.3, 0.4) is 0 Å². The van der Waals surface area contributed by atoms with E-state index in [2.05, 4.69) is 5.32 Å². The van der Waals surface area contributed by atoms with Crippen molar-refractivity contribution in [1.82, 2.24) is 4.31 Å². The van der Waals surface area contributed by atoms with Crippen LogP contribution >= 0.6 is 0 Å². The van der Waals surface area contributed by atoms with E-state index < -0.39 is 10.0 Å². The van der Waals surface area contributed by atoms with Gasteiger partial charge >= 0.3 is 0 Å². The number of rotatable bonds is 7. The van der Waals surface area contributed by atoms with E-state index in [1.54, 1.807) is 18.2 Å². The maximum Gasteiger partial charge on any atom is 0.243 e. The van der Waals surface area contributed by atoms with Gasteiger partial charge in [0.05, 0.1) is 18.1 Å². The third kappa shape index (κ3) is 5.38. The van der Waals surface area contributed by atoms with Crippen LogP contribution in [0.2, 0.25) is 0 Å². The lowest BCUT2D eigenvalue weighted by atomic mass is 10.1. The second-order valence-electron chi connectivity index (χ2n) is 6.43.